The van der Waals surface area contributed by atoms with Gasteiger partial charge in [-0.2, -0.15) is 0 Å². The third-order valence-corrected chi connectivity index (χ3v) is 4.52. The number of oxazole rings is 1. The van der Waals surface area contributed by atoms with Gasteiger partial charge in [-0.25, -0.2) is 4.79 Å². The number of carbonyl (C=O) groups excluding carboxylic acids is 1. The highest BCUT2D eigenvalue weighted by atomic mass is 16.4. The molecule has 0 aliphatic carbocycles. The predicted octanol–water partition coefficient (Wildman–Crippen LogP) is 1.75. The van der Waals surface area contributed by atoms with Crippen molar-refractivity contribution in [2.24, 2.45) is 0 Å². The van der Waals surface area contributed by atoms with Crippen LogP contribution in [0.3, 0.4) is 0 Å². The highest BCUT2D eigenvalue weighted by Crippen LogP contribution is 2.22. The third kappa shape index (κ3) is 3.32. The van der Waals surface area contributed by atoms with Gasteiger partial charge in [0.05, 0.1) is 5.52 Å². The lowest BCUT2D eigenvalue weighted by Crippen LogP contribution is -2.36. The van der Waals surface area contributed by atoms with Gasteiger partial charge in [0, 0.05) is 32.2 Å². The monoisotopic (exact) mass is 318 g/mol. The zero-order valence-electron chi connectivity index (χ0n) is 13.1. The molecule has 1 unspecified atom stereocenters. The number of carbonyl (C=O) groups is 1. The summed E-state index contributed by atoms with van der Waals surface area (Å²) in [6, 6.07) is 7.47. The molecular weight excluding hydrogens is 296 g/mol. The standard InChI is InChI=1S/C17H22N2O4/c20-12-4-6-13-5-3-10-18(13)16(21)9-11-19-14-7-1-2-8-15(14)23-17(19)22/h1-2,7-8,13,20H,3-6,9-12H2. The number of nitrogens with zero attached hydrogens (tertiary/aromatic N) is 2. The maximum Gasteiger partial charge on any atom is 0.419 e. The van der Waals surface area contributed by atoms with Crippen LogP contribution >= 0.6 is 0 Å². The maximum atomic E-state index is 12.5. The summed E-state index contributed by atoms with van der Waals surface area (Å²) in [4.78, 5) is 26.3. The molecule has 0 radical (unpaired) electrons. The summed E-state index contributed by atoms with van der Waals surface area (Å²) in [6.07, 6.45) is 3.87. The molecule has 1 aromatic carbocycles. The molecule has 2 aromatic rings. The fraction of sp³-hybridized carbons (Fsp3) is 0.529. The van der Waals surface area contributed by atoms with Crippen LogP contribution in [0.15, 0.2) is 33.5 Å². The molecule has 2 heterocycles. The van der Waals surface area contributed by atoms with Crippen molar-refractivity contribution in [3.8, 4) is 0 Å². The van der Waals surface area contributed by atoms with E-state index in [0.717, 1.165) is 37.7 Å². The lowest BCUT2D eigenvalue weighted by Gasteiger charge is -2.24. The summed E-state index contributed by atoms with van der Waals surface area (Å²) < 4.78 is 6.71. The van der Waals surface area contributed by atoms with Gasteiger partial charge in [-0.15, -0.1) is 0 Å². The summed E-state index contributed by atoms with van der Waals surface area (Å²) in [6.45, 7) is 1.27. The van der Waals surface area contributed by atoms with Crippen LogP contribution in [0, 0.1) is 0 Å². The number of benzene rings is 1. The molecule has 1 fully saturated rings. The fourth-order valence-corrected chi connectivity index (χ4v) is 3.37. The predicted molar refractivity (Wildman–Crippen MR) is 86.1 cm³/mol. The van der Waals surface area contributed by atoms with E-state index in [-0.39, 0.29) is 18.6 Å². The Morgan fingerprint density at radius 3 is 3.00 bits per heavy atom. The van der Waals surface area contributed by atoms with Crippen LogP contribution in [-0.4, -0.2) is 39.7 Å². The summed E-state index contributed by atoms with van der Waals surface area (Å²) in [5.41, 5.74) is 1.27. The second-order valence-electron chi connectivity index (χ2n) is 5.99. The quantitative estimate of drug-likeness (QED) is 0.880. The van der Waals surface area contributed by atoms with Crippen LogP contribution in [0.25, 0.3) is 11.1 Å². The maximum absolute atomic E-state index is 12.5. The zero-order chi connectivity index (χ0) is 16.2. The Balaban J connectivity index is 1.66. The Bertz CT molecular complexity index is 734. The number of aliphatic hydroxyl groups excluding tert-OH is 1. The number of amides is 1. The molecule has 124 valence electrons. The minimum Gasteiger partial charge on any atom is -0.408 e. The fourth-order valence-electron chi connectivity index (χ4n) is 3.37. The van der Waals surface area contributed by atoms with E-state index in [1.165, 1.54) is 4.57 Å². The van der Waals surface area contributed by atoms with E-state index >= 15 is 0 Å². The van der Waals surface area contributed by atoms with Gasteiger partial charge in [0.2, 0.25) is 5.91 Å². The molecule has 23 heavy (non-hydrogen) atoms. The summed E-state index contributed by atoms with van der Waals surface area (Å²) in [5, 5.41) is 8.96. The van der Waals surface area contributed by atoms with Crippen molar-refractivity contribution < 1.29 is 14.3 Å². The molecule has 1 atom stereocenters. The van der Waals surface area contributed by atoms with E-state index in [9.17, 15) is 9.59 Å². The first kappa shape index (κ1) is 15.8. The first-order valence-corrected chi connectivity index (χ1v) is 8.19. The van der Waals surface area contributed by atoms with E-state index < -0.39 is 5.76 Å². The van der Waals surface area contributed by atoms with Gasteiger partial charge in [-0.05, 0) is 37.8 Å². The number of fused-ring (bicyclic) bond motifs is 1. The summed E-state index contributed by atoms with van der Waals surface area (Å²) >= 11 is 0. The van der Waals surface area contributed by atoms with E-state index in [1.54, 1.807) is 6.07 Å². The van der Waals surface area contributed by atoms with Crippen molar-refractivity contribution in [3.05, 3.63) is 34.8 Å². The Morgan fingerprint density at radius 2 is 2.17 bits per heavy atom. The molecule has 6 nitrogen and oxygen atoms in total. The lowest BCUT2D eigenvalue weighted by atomic mass is 10.1. The number of hydrogen-bond donors (Lipinski definition) is 1. The topological polar surface area (TPSA) is 75.7 Å². The molecule has 3 rings (SSSR count). The zero-order valence-corrected chi connectivity index (χ0v) is 13.1. The Hall–Kier alpha value is -2.08. The summed E-state index contributed by atoms with van der Waals surface area (Å²) in [7, 11) is 0. The van der Waals surface area contributed by atoms with E-state index in [2.05, 4.69) is 0 Å². The molecule has 1 aliphatic rings. The van der Waals surface area contributed by atoms with Crippen LogP contribution in [0.2, 0.25) is 0 Å². The van der Waals surface area contributed by atoms with Gasteiger partial charge >= 0.3 is 5.76 Å². The van der Waals surface area contributed by atoms with Crippen LogP contribution in [0.5, 0.6) is 0 Å². The van der Waals surface area contributed by atoms with Crippen LogP contribution in [0.1, 0.15) is 32.1 Å². The molecule has 1 aromatic heterocycles. The molecule has 1 saturated heterocycles. The molecule has 0 bridgehead atoms. The van der Waals surface area contributed by atoms with Gasteiger partial charge < -0.3 is 14.4 Å². The van der Waals surface area contributed by atoms with Crippen molar-refractivity contribution >= 4 is 17.0 Å². The van der Waals surface area contributed by atoms with Gasteiger partial charge in [0.15, 0.2) is 5.58 Å². The lowest BCUT2D eigenvalue weighted by molar-refractivity contribution is -0.132. The first-order valence-electron chi connectivity index (χ1n) is 8.19. The van der Waals surface area contributed by atoms with Crippen LogP contribution < -0.4 is 5.76 Å². The average molecular weight is 318 g/mol. The number of rotatable bonds is 6. The number of aliphatic hydroxyl groups is 1. The number of aryl methyl sites for hydroxylation is 1. The number of aromatic nitrogens is 1. The minimum atomic E-state index is -0.419. The van der Waals surface area contributed by atoms with Crippen LogP contribution in [-0.2, 0) is 11.3 Å². The molecular formula is C17H22N2O4. The number of para-hydroxylation sites is 2. The van der Waals surface area contributed by atoms with Crippen LogP contribution in [0.4, 0.5) is 0 Å². The largest absolute Gasteiger partial charge is 0.419 e. The van der Waals surface area contributed by atoms with Gasteiger partial charge in [0.1, 0.15) is 0 Å². The van der Waals surface area contributed by atoms with Gasteiger partial charge in [0.25, 0.3) is 0 Å². The Morgan fingerprint density at radius 1 is 1.35 bits per heavy atom. The van der Waals surface area contributed by atoms with E-state index in [1.807, 2.05) is 23.1 Å². The highest BCUT2D eigenvalue weighted by Gasteiger charge is 2.28. The molecule has 0 spiro atoms. The third-order valence-electron chi connectivity index (χ3n) is 4.52. The average Bonchev–Trinajstić information content (AvgIpc) is 3.14. The molecule has 1 aliphatic heterocycles. The van der Waals surface area contributed by atoms with Crippen molar-refractivity contribution in [1.29, 1.82) is 0 Å². The number of hydrogen-bond acceptors (Lipinski definition) is 4. The molecule has 0 saturated carbocycles. The first-order chi connectivity index (χ1) is 11.2. The van der Waals surface area contributed by atoms with Gasteiger partial charge in [-0.1, -0.05) is 12.1 Å². The van der Waals surface area contributed by atoms with Crippen molar-refractivity contribution in [2.45, 2.75) is 44.7 Å². The van der Waals surface area contributed by atoms with Crippen molar-refractivity contribution in [2.75, 3.05) is 13.2 Å². The Labute approximate surface area is 134 Å². The van der Waals surface area contributed by atoms with Crippen molar-refractivity contribution in [3.63, 3.8) is 0 Å². The highest BCUT2D eigenvalue weighted by molar-refractivity contribution is 5.77. The minimum absolute atomic E-state index is 0.0719. The van der Waals surface area contributed by atoms with Gasteiger partial charge in [-0.3, -0.25) is 9.36 Å². The normalized spacial score (nSPS) is 18.0. The molecule has 1 amide bonds. The van der Waals surface area contributed by atoms with E-state index in [0.29, 0.717) is 18.5 Å². The second-order valence-corrected chi connectivity index (χ2v) is 5.99. The summed E-state index contributed by atoms with van der Waals surface area (Å²) in [5.74, 6) is -0.347. The van der Waals surface area contributed by atoms with E-state index in [4.69, 9.17) is 9.52 Å². The SMILES string of the molecule is O=C(CCn1c(=O)oc2ccccc21)N1CCCC1CCCO. The molecule has 6 heteroatoms. The number of likely N-dealkylation sites (tertiary alicyclic amines) is 1. The Kier molecular flexibility index (Phi) is 4.81. The smallest absolute Gasteiger partial charge is 0.408 e. The molecule has 1 N–H and O–H groups in total. The van der Waals surface area contributed by atoms with Crippen molar-refractivity contribution in [1.82, 2.24) is 9.47 Å². The second kappa shape index (κ2) is 7.00.